The third-order valence-corrected chi connectivity index (χ3v) is 5.07. The molecule has 0 aliphatic rings. The van der Waals surface area contributed by atoms with Gasteiger partial charge in [0.05, 0.1) is 41.0 Å². The van der Waals surface area contributed by atoms with Crippen LogP contribution in [0.5, 0.6) is 5.75 Å². The lowest BCUT2D eigenvalue weighted by molar-refractivity contribution is 0.401. The number of benzene rings is 2. The largest absolute Gasteiger partial charge is 0.497 e. The standard InChI is InChI=1S/C18H14FN5O2S/c1-25-9-3-4-11(10(19)7-9)23-17-14-12(21-8-22-17)5-6-13-15(14)27-18(24-13)16(20)26-2/h3-8,20H,1-2H3,(H,21,22,23). The quantitative estimate of drug-likeness (QED) is 0.407. The van der Waals surface area contributed by atoms with Crippen molar-refractivity contribution >= 4 is 49.9 Å². The normalized spacial score (nSPS) is 10.9. The fourth-order valence-corrected chi connectivity index (χ4v) is 3.70. The van der Waals surface area contributed by atoms with Gasteiger partial charge in [-0.05, 0) is 24.3 Å². The lowest BCUT2D eigenvalue weighted by Gasteiger charge is -2.10. The van der Waals surface area contributed by atoms with E-state index in [-0.39, 0.29) is 11.6 Å². The fourth-order valence-electron chi connectivity index (χ4n) is 2.66. The molecule has 0 bridgehead atoms. The molecule has 27 heavy (non-hydrogen) atoms. The monoisotopic (exact) mass is 383 g/mol. The molecule has 0 amide bonds. The van der Waals surface area contributed by atoms with Crippen molar-refractivity contribution in [1.82, 2.24) is 15.0 Å². The minimum absolute atomic E-state index is 0.0168. The number of methoxy groups -OCH3 is 2. The number of rotatable bonds is 4. The van der Waals surface area contributed by atoms with Crippen molar-refractivity contribution in [2.75, 3.05) is 19.5 Å². The lowest BCUT2D eigenvalue weighted by atomic mass is 10.2. The van der Waals surface area contributed by atoms with Gasteiger partial charge in [-0.2, -0.15) is 0 Å². The van der Waals surface area contributed by atoms with E-state index < -0.39 is 5.82 Å². The Morgan fingerprint density at radius 1 is 1.15 bits per heavy atom. The van der Waals surface area contributed by atoms with Crippen LogP contribution in [0.25, 0.3) is 21.1 Å². The van der Waals surface area contributed by atoms with Crippen molar-refractivity contribution in [3.05, 3.63) is 47.5 Å². The van der Waals surface area contributed by atoms with Crippen molar-refractivity contribution in [2.24, 2.45) is 0 Å². The van der Waals surface area contributed by atoms with Crippen molar-refractivity contribution < 1.29 is 13.9 Å². The topological polar surface area (TPSA) is 93.0 Å². The van der Waals surface area contributed by atoms with Crippen molar-refractivity contribution in [2.45, 2.75) is 0 Å². The SMILES string of the molecule is COC(=N)c1nc2ccc3ncnc(Nc4ccc(OC)cc4F)c3c2s1. The first-order chi connectivity index (χ1) is 13.1. The zero-order chi connectivity index (χ0) is 19.0. The average molecular weight is 383 g/mol. The molecule has 0 radical (unpaired) electrons. The van der Waals surface area contributed by atoms with Gasteiger partial charge in [-0.15, -0.1) is 11.3 Å². The number of hydrogen-bond donors (Lipinski definition) is 2. The second kappa shape index (κ2) is 6.76. The van der Waals surface area contributed by atoms with Crippen molar-refractivity contribution in [3.63, 3.8) is 0 Å². The van der Waals surface area contributed by atoms with Crippen LogP contribution >= 0.6 is 11.3 Å². The number of halogens is 1. The number of nitrogens with zero attached hydrogens (tertiary/aromatic N) is 3. The zero-order valence-corrected chi connectivity index (χ0v) is 15.2. The molecule has 0 aliphatic heterocycles. The number of ether oxygens (including phenoxy) is 2. The first-order valence-electron chi connectivity index (χ1n) is 7.88. The Kier molecular flexibility index (Phi) is 4.28. The smallest absolute Gasteiger partial charge is 0.242 e. The summed E-state index contributed by atoms with van der Waals surface area (Å²) in [5.41, 5.74) is 1.65. The van der Waals surface area contributed by atoms with Crippen molar-refractivity contribution in [3.8, 4) is 5.75 Å². The molecule has 2 aromatic carbocycles. The molecule has 136 valence electrons. The van der Waals surface area contributed by atoms with Crippen LogP contribution in [-0.4, -0.2) is 35.1 Å². The van der Waals surface area contributed by atoms with E-state index in [0.29, 0.717) is 33.0 Å². The van der Waals surface area contributed by atoms with Gasteiger partial charge in [-0.3, -0.25) is 5.41 Å². The van der Waals surface area contributed by atoms with Gasteiger partial charge in [0.15, 0.2) is 5.01 Å². The number of aromatic nitrogens is 3. The van der Waals surface area contributed by atoms with Gasteiger partial charge in [0.25, 0.3) is 0 Å². The van der Waals surface area contributed by atoms with E-state index in [9.17, 15) is 4.39 Å². The van der Waals surface area contributed by atoms with Gasteiger partial charge < -0.3 is 14.8 Å². The number of nitrogens with one attached hydrogen (secondary N) is 2. The summed E-state index contributed by atoms with van der Waals surface area (Å²) < 4.78 is 25.1. The third kappa shape index (κ3) is 3.02. The van der Waals surface area contributed by atoms with E-state index in [2.05, 4.69) is 20.3 Å². The summed E-state index contributed by atoms with van der Waals surface area (Å²) in [6.45, 7) is 0. The molecule has 9 heteroatoms. The zero-order valence-electron chi connectivity index (χ0n) is 14.4. The van der Waals surface area contributed by atoms with Gasteiger partial charge in [0.1, 0.15) is 23.7 Å². The summed E-state index contributed by atoms with van der Waals surface area (Å²) in [4.78, 5) is 13.0. The predicted molar refractivity (Wildman–Crippen MR) is 103 cm³/mol. The molecule has 0 aliphatic carbocycles. The minimum Gasteiger partial charge on any atom is -0.497 e. The summed E-state index contributed by atoms with van der Waals surface area (Å²) in [6, 6.07) is 8.18. The first kappa shape index (κ1) is 17.1. The Morgan fingerprint density at radius 3 is 2.70 bits per heavy atom. The van der Waals surface area contributed by atoms with Gasteiger partial charge in [-0.1, -0.05) is 0 Å². The van der Waals surface area contributed by atoms with Crippen LogP contribution in [0.1, 0.15) is 5.01 Å². The summed E-state index contributed by atoms with van der Waals surface area (Å²) in [6.07, 6.45) is 1.41. The highest BCUT2D eigenvalue weighted by Gasteiger charge is 2.16. The number of fused-ring (bicyclic) bond motifs is 3. The van der Waals surface area contributed by atoms with Crippen LogP contribution < -0.4 is 10.1 Å². The summed E-state index contributed by atoms with van der Waals surface area (Å²) in [7, 11) is 2.91. The molecule has 4 aromatic rings. The Hall–Kier alpha value is -3.33. The molecule has 0 unspecified atom stereocenters. The van der Waals surface area contributed by atoms with Crippen LogP contribution in [0.2, 0.25) is 0 Å². The Bertz CT molecular complexity index is 1180. The van der Waals surface area contributed by atoms with Crippen molar-refractivity contribution in [1.29, 1.82) is 5.41 Å². The Balaban J connectivity index is 1.87. The highest BCUT2D eigenvalue weighted by atomic mass is 32.1. The molecule has 2 heterocycles. The molecule has 0 saturated heterocycles. The van der Waals surface area contributed by atoms with Gasteiger partial charge >= 0.3 is 0 Å². The average Bonchev–Trinajstić information content (AvgIpc) is 3.13. The highest BCUT2D eigenvalue weighted by molar-refractivity contribution is 7.21. The maximum Gasteiger partial charge on any atom is 0.242 e. The second-order valence-electron chi connectivity index (χ2n) is 5.55. The number of hydrogen-bond acceptors (Lipinski definition) is 8. The summed E-state index contributed by atoms with van der Waals surface area (Å²) in [5.74, 6) is 0.406. The number of thiazole rings is 1. The predicted octanol–water partition coefficient (Wildman–Crippen LogP) is 4.10. The molecule has 0 fully saturated rings. The van der Waals surface area contributed by atoms with Crippen LogP contribution in [-0.2, 0) is 4.74 Å². The molecule has 0 spiro atoms. The molecular formula is C18H14FN5O2S. The maximum atomic E-state index is 14.4. The summed E-state index contributed by atoms with van der Waals surface area (Å²) >= 11 is 1.30. The van der Waals surface area contributed by atoms with Crippen LogP contribution in [0.15, 0.2) is 36.7 Å². The molecule has 7 nitrogen and oxygen atoms in total. The van der Waals surface area contributed by atoms with E-state index in [1.54, 1.807) is 12.1 Å². The fraction of sp³-hybridized carbons (Fsp3) is 0.111. The highest BCUT2D eigenvalue weighted by Crippen LogP contribution is 2.35. The maximum absolute atomic E-state index is 14.4. The van der Waals surface area contributed by atoms with Crippen LogP contribution in [0.3, 0.4) is 0 Å². The lowest BCUT2D eigenvalue weighted by Crippen LogP contribution is -1.99. The molecule has 0 atom stereocenters. The van der Waals surface area contributed by atoms with E-state index in [0.717, 1.165) is 4.70 Å². The van der Waals surface area contributed by atoms with Gasteiger partial charge in [0.2, 0.25) is 5.90 Å². The van der Waals surface area contributed by atoms with Gasteiger partial charge in [-0.25, -0.2) is 19.3 Å². The molecule has 0 saturated carbocycles. The van der Waals surface area contributed by atoms with E-state index in [1.165, 1.54) is 38.0 Å². The summed E-state index contributed by atoms with van der Waals surface area (Å²) in [5, 5.41) is 12.0. The first-order valence-corrected chi connectivity index (χ1v) is 8.70. The molecule has 2 N–H and O–H groups in total. The van der Waals surface area contributed by atoms with Crippen LogP contribution in [0.4, 0.5) is 15.9 Å². The second-order valence-corrected chi connectivity index (χ2v) is 6.55. The third-order valence-electron chi connectivity index (χ3n) is 3.98. The van der Waals surface area contributed by atoms with E-state index >= 15 is 0 Å². The van der Waals surface area contributed by atoms with E-state index in [4.69, 9.17) is 14.9 Å². The minimum atomic E-state index is -0.459. The molecule has 4 rings (SSSR count). The molecule has 2 aromatic heterocycles. The van der Waals surface area contributed by atoms with E-state index in [1.807, 2.05) is 12.1 Å². The molecular weight excluding hydrogens is 369 g/mol. The Morgan fingerprint density at radius 2 is 1.96 bits per heavy atom. The van der Waals surface area contributed by atoms with Gasteiger partial charge in [0, 0.05) is 6.07 Å². The number of anilines is 2. The Labute approximate surface area is 157 Å². The van der Waals surface area contributed by atoms with Crippen LogP contribution in [0, 0.1) is 11.2 Å².